The van der Waals surface area contributed by atoms with E-state index in [0.29, 0.717) is 32.6 Å². The predicted molar refractivity (Wildman–Crippen MR) is 185 cm³/mol. The molecular formula is C34H28Cl4N4O8. The van der Waals surface area contributed by atoms with Crippen molar-refractivity contribution in [2.45, 2.75) is 39.2 Å². The van der Waals surface area contributed by atoms with Gasteiger partial charge >= 0.3 is 11.9 Å². The van der Waals surface area contributed by atoms with Gasteiger partial charge in [-0.2, -0.15) is 10.5 Å². The molecule has 50 heavy (non-hydrogen) atoms. The Hall–Kier alpha value is -4.98. The van der Waals surface area contributed by atoms with Gasteiger partial charge in [0.25, 0.3) is 0 Å². The van der Waals surface area contributed by atoms with Gasteiger partial charge in [0, 0.05) is 22.2 Å². The lowest BCUT2D eigenvalue weighted by molar-refractivity contribution is -0.154. The monoisotopic (exact) mass is 760 g/mol. The van der Waals surface area contributed by atoms with Gasteiger partial charge in [-0.05, 0) is 57.2 Å². The number of nitrogens with zero attached hydrogens (tertiary/aromatic N) is 4. The molecule has 0 unspecified atom stereocenters. The van der Waals surface area contributed by atoms with E-state index >= 15 is 0 Å². The molecule has 0 bridgehead atoms. The average Bonchev–Trinajstić information content (AvgIpc) is 3.02. The smallest absolute Gasteiger partial charge is 0.312 e. The van der Waals surface area contributed by atoms with Crippen LogP contribution in [-0.4, -0.2) is 46.8 Å². The topological polar surface area (TPSA) is 174 Å². The van der Waals surface area contributed by atoms with Gasteiger partial charge in [0.05, 0.1) is 61.7 Å². The first-order valence-corrected chi connectivity index (χ1v) is 15.7. The third-order valence-electron chi connectivity index (χ3n) is 5.81. The Bertz CT molecular complexity index is 1990. The van der Waals surface area contributed by atoms with Crippen LogP contribution in [0.1, 0.15) is 43.3 Å². The zero-order valence-electron chi connectivity index (χ0n) is 27.1. The number of hydrogen-bond acceptors (Lipinski definition) is 11. The molecule has 4 rings (SSSR count). The van der Waals surface area contributed by atoms with Crippen LogP contribution in [0.15, 0.2) is 48.5 Å². The van der Waals surface area contributed by atoms with Crippen LogP contribution in [0.3, 0.4) is 0 Å². The Balaban J connectivity index is 0.000000274. The molecule has 0 radical (unpaired) electrons. The molecule has 2 heterocycles. The highest BCUT2D eigenvalue weighted by atomic mass is 35.5. The summed E-state index contributed by atoms with van der Waals surface area (Å²) in [6.45, 7) is 5.34. The normalized spacial score (nSPS) is 10.5. The number of esters is 1. The molecule has 0 amide bonds. The Kier molecular flexibility index (Phi) is 13.9. The van der Waals surface area contributed by atoms with Crippen molar-refractivity contribution in [2.24, 2.45) is 0 Å². The molecule has 16 heteroatoms. The van der Waals surface area contributed by atoms with E-state index in [1.807, 2.05) is 12.1 Å². The number of pyridine rings is 2. The fourth-order valence-electron chi connectivity index (χ4n) is 3.97. The van der Waals surface area contributed by atoms with Crippen LogP contribution in [0.4, 0.5) is 0 Å². The Morgan fingerprint density at radius 2 is 1.14 bits per heavy atom. The largest absolute Gasteiger partial charge is 0.481 e. The zero-order chi connectivity index (χ0) is 37.2. The van der Waals surface area contributed by atoms with Crippen molar-refractivity contribution in [1.82, 2.24) is 9.97 Å². The second-order valence-electron chi connectivity index (χ2n) is 11.0. The standard InChI is InChI=1S/C19H18Cl2N2O4.C15H10Cl2N2O4/c1-19(2,3)27-16(24)9-13-8-15(17(21)18(23-13)25-4)26-14-6-11(10-22)5-12(20)7-14;1-22-15-14(17)12(5-10(19-15)6-13(20)21)23-11-3-8(7-18)2-9(16)4-11/h5-8H,9H2,1-4H3;2-5H,6H2,1H3,(H,20,21). The number of ether oxygens (including phenoxy) is 5. The summed E-state index contributed by atoms with van der Waals surface area (Å²) < 4.78 is 26.9. The molecule has 0 aliphatic rings. The average molecular weight is 762 g/mol. The van der Waals surface area contributed by atoms with Crippen LogP contribution in [0.25, 0.3) is 0 Å². The summed E-state index contributed by atoms with van der Waals surface area (Å²) in [7, 11) is 2.76. The lowest BCUT2D eigenvalue weighted by Gasteiger charge is -2.19. The van der Waals surface area contributed by atoms with Crippen LogP contribution < -0.4 is 18.9 Å². The summed E-state index contributed by atoms with van der Waals surface area (Å²) in [4.78, 5) is 31.1. The van der Waals surface area contributed by atoms with Gasteiger partial charge in [-0.25, -0.2) is 9.97 Å². The van der Waals surface area contributed by atoms with Crippen molar-refractivity contribution in [3.8, 4) is 46.9 Å². The highest BCUT2D eigenvalue weighted by Crippen LogP contribution is 2.38. The van der Waals surface area contributed by atoms with E-state index in [2.05, 4.69) is 9.97 Å². The molecular weight excluding hydrogens is 734 g/mol. The van der Waals surface area contributed by atoms with E-state index in [0.717, 1.165) is 0 Å². The van der Waals surface area contributed by atoms with Gasteiger partial charge in [0.15, 0.2) is 11.5 Å². The van der Waals surface area contributed by atoms with Gasteiger partial charge in [-0.15, -0.1) is 0 Å². The maximum Gasteiger partial charge on any atom is 0.312 e. The number of aromatic nitrogens is 2. The van der Waals surface area contributed by atoms with Gasteiger partial charge in [0.1, 0.15) is 27.1 Å². The number of aliphatic carboxylic acids is 1. The number of hydrogen-bond donors (Lipinski definition) is 1. The Labute approximate surface area is 307 Å². The third-order valence-corrected chi connectivity index (χ3v) is 6.95. The lowest BCUT2D eigenvalue weighted by atomic mass is 10.2. The molecule has 12 nitrogen and oxygen atoms in total. The van der Waals surface area contributed by atoms with Crippen molar-refractivity contribution in [3.05, 3.63) is 91.1 Å². The number of carboxylic acid groups (broad SMARTS) is 1. The van der Waals surface area contributed by atoms with Crippen molar-refractivity contribution in [3.63, 3.8) is 0 Å². The van der Waals surface area contributed by atoms with Crippen LogP contribution in [0.2, 0.25) is 20.1 Å². The van der Waals surface area contributed by atoms with Crippen LogP contribution in [0.5, 0.6) is 34.8 Å². The third kappa shape index (κ3) is 11.9. The van der Waals surface area contributed by atoms with E-state index in [9.17, 15) is 9.59 Å². The molecule has 0 spiro atoms. The first-order chi connectivity index (χ1) is 23.5. The second kappa shape index (κ2) is 17.6. The van der Waals surface area contributed by atoms with E-state index in [1.165, 1.54) is 56.7 Å². The fraction of sp³-hybridized carbons (Fsp3) is 0.235. The second-order valence-corrected chi connectivity index (χ2v) is 12.6. The van der Waals surface area contributed by atoms with E-state index < -0.39 is 17.5 Å². The molecule has 260 valence electrons. The summed E-state index contributed by atoms with van der Waals surface area (Å²) in [5.41, 5.74) is 0.625. The maximum absolute atomic E-state index is 12.1. The summed E-state index contributed by atoms with van der Waals surface area (Å²) in [5, 5.41) is 27.8. The van der Waals surface area contributed by atoms with Crippen molar-refractivity contribution in [1.29, 1.82) is 10.5 Å². The molecule has 4 aromatic rings. The number of rotatable bonds is 10. The van der Waals surface area contributed by atoms with E-state index in [1.54, 1.807) is 26.8 Å². The predicted octanol–water partition coefficient (Wildman–Crippen LogP) is 8.63. The fourth-order valence-corrected chi connectivity index (χ4v) is 4.85. The van der Waals surface area contributed by atoms with Gasteiger partial charge in [0.2, 0.25) is 11.8 Å². The highest BCUT2D eigenvalue weighted by Gasteiger charge is 2.21. The number of nitriles is 2. The summed E-state index contributed by atoms with van der Waals surface area (Å²) >= 11 is 24.3. The minimum absolute atomic E-state index is 0.0444. The van der Waals surface area contributed by atoms with Gasteiger partial charge in [-0.3, -0.25) is 9.59 Å². The zero-order valence-corrected chi connectivity index (χ0v) is 30.2. The first kappa shape index (κ1) is 39.5. The number of benzene rings is 2. The van der Waals surface area contributed by atoms with E-state index in [4.69, 9.17) is 85.7 Å². The minimum Gasteiger partial charge on any atom is -0.481 e. The molecule has 0 saturated carbocycles. The minimum atomic E-state index is -1.05. The highest BCUT2D eigenvalue weighted by molar-refractivity contribution is 6.34. The number of carbonyl (C=O) groups is 2. The van der Waals surface area contributed by atoms with Crippen molar-refractivity contribution >= 4 is 58.3 Å². The number of carbonyl (C=O) groups excluding carboxylic acids is 1. The number of carboxylic acids is 1. The molecule has 2 aromatic heterocycles. The lowest BCUT2D eigenvalue weighted by Crippen LogP contribution is -2.25. The summed E-state index contributed by atoms with van der Waals surface area (Å²) in [6, 6.07) is 15.9. The molecule has 2 aromatic carbocycles. The molecule has 0 saturated heterocycles. The summed E-state index contributed by atoms with van der Waals surface area (Å²) in [5.74, 6) is -0.377. The van der Waals surface area contributed by atoms with Gasteiger partial charge in [-0.1, -0.05) is 46.4 Å². The summed E-state index contributed by atoms with van der Waals surface area (Å²) in [6.07, 6.45) is -0.400. The number of methoxy groups -OCH3 is 2. The van der Waals surface area contributed by atoms with Crippen molar-refractivity contribution < 1.29 is 38.4 Å². The van der Waals surface area contributed by atoms with Crippen molar-refractivity contribution in [2.75, 3.05) is 14.2 Å². The van der Waals surface area contributed by atoms with Crippen LogP contribution in [0, 0.1) is 22.7 Å². The number of halogens is 4. The quantitative estimate of drug-likeness (QED) is 0.153. The van der Waals surface area contributed by atoms with Gasteiger partial charge < -0.3 is 28.8 Å². The van der Waals surface area contributed by atoms with Crippen LogP contribution in [-0.2, 0) is 27.2 Å². The SMILES string of the molecule is COc1nc(CC(=O)O)cc(Oc2cc(Cl)cc(C#N)c2)c1Cl.COc1nc(CC(=O)OC(C)(C)C)cc(Oc2cc(Cl)cc(C#N)c2)c1Cl. The Morgan fingerprint density at radius 3 is 1.50 bits per heavy atom. The Morgan fingerprint density at radius 1 is 0.720 bits per heavy atom. The van der Waals surface area contributed by atoms with E-state index in [-0.39, 0.29) is 57.6 Å². The van der Waals surface area contributed by atoms with Crippen LogP contribution >= 0.6 is 46.4 Å². The molecule has 0 aliphatic heterocycles. The molecule has 0 fully saturated rings. The maximum atomic E-state index is 12.1. The molecule has 0 atom stereocenters. The molecule has 0 aliphatic carbocycles. The molecule has 1 N–H and O–H groups in total. The first-order valence-electron chi connectivity index (χ1n) is 14.2.